The summed E-state index contributed by atoms with van der Waals surface area (Å²) < 4.78 is 13.0. The molecule has 37 heavy (non-hydrogen) atoms. The lowest BCUT2D eigenvalue weighted by molar-refractivity contribution is -0.0320. The molecule has 4 unspecified atom stereocenters. The molecule has 5 heteroatoms. The molecule has 1 aromatic heterocycles. The Labute approximate surface area is 220 Å². The van der Waals surface area contributed by atoms with Crippen molar-refractivity contribution < 1.29 is 9.26 Å². The monoisotopic (exact) mass is 508 g/mol. The Morgan fingerprint density at radius 3 is 2.35 bits per heavy atom. The van der Waals surface area contributed by atoms with Gasteiger partial charge in [-0.25, -0.2) is 0 Å². The number of methoxy groups -OCH3 is 1. The molecule has 2 bridgehead atoms. The lowest BCUT2D eigenvalue weighted by Crippen LogP contribution is -2.55. The maximum atomic E-state index is 7.38. The highest BCUT2D eigenvalue weighted by Crippen LogP contribution is 2.49. The summed E-state index contributed by atoms with van der Waals surface area (Å²) in [5, 5.41) is 3.56. The van der Waals surface area contributed by atoms with Crippen LogP contribution in [0.1, 0.15) is 24.5 Å². The maximum Gasteiger partial charge on any atom is 0.119 e. The van der Waals surface area contributed by atoms with Crippen LogP contribution in [0.15, 0.2) is 104 Å². The van der Waals surface area contributed by atoms with Gasteiger partial charge in [0.25, 0.3) is 0 Å². The number of aromatic nitrogens is 1. The number of hydrogen-bond donors (Lipinski definition) is 0. The number of benzene rings is 3. The number of fused-ring (bicyclic) bond motifs is 4. The smallest absolute Gasteiger partial charge is 0.119 e. The van der Waals surface area contributed by atoms with Gasteiger partial charge in [0.2, 0.25) is 0 Å². The van der Waals surface area contributed by atoms with Gasteiger partial charge in [0, 0.05) is 34.8 Å². The van der Waals surface area contributed by atoms with Gasteiger partial charge >= 0.3 is 0 Å². The van der Waals surface area contributed by atoms with Crippen LogP contribution < -0.4 is 15.3 Å². The van der Waals surface area contributed by atoms with E-state index in [1.807, 2.05) is 18.3 Å². The first-order valence-corrected chi connectivity index (χ1v) is 14.4. The Balaban J connectivity index is 1.48. The van der Waals surface area contributed by atoms with E-state index in [0.717, 1.165) is 36.2 Å². The summed E-state index contributed by atoms with van der Waals surface area (Å²) in [5.41, 5.74) is 2.16. The molecule has 3 aromatic carbocycles. The van der Waals surface area contributed by atoms with Crippen molar-refractivity contribution >= 4 is 29.7 Å². The van der Waals surface area contributed by atoms with Crippen LogP contribution in [0, 0.1) is 11.8 Å². The topological polar surface area (TPSA) is 34.6 Å². The second-order valence-corrected chi connectivity index (χ2v) is 11.9. The highest BCUT2D eigenvalue weighted by Gasteiger charge is 2.44. The highest BCUT2D eigenvalue weighted by atomic mass is 31.1. The lowest BCUT2D eigenvalue weighted by atomic mass is 9.73. The van der Waals surface area contributed by atoms with Crippen LogP contribution in [0.2, 0.25) is 0 Å². The van der Waals surface area contributed by atoms with Crippen LogP contribution in [0.4, 0.5) is 0 Å². The molecule has 5 atom stereocenters. The third-order valence-corrected chi connectivity index (χ3v) is 9.97. The second-order valence-electron chi connectivity index (χ2n) is 10.0. The molecule has 7 rings (SSSR count). The summed E-state index contributed by atoms with van der Waals surface area (Å²) in [7, 11) is 0.691. The van der Waals surface area contributed by atoms with Gasteiger partial charge in [-0.15, -0.1) is 6.58 Å². The van der Waals surface area contributed by atoms with E-state index < -0.39 is 8.15 Å². The van der Waals surface area contributed by atoms with Gasteiger partial charge in [-0.1, -0.05) is 66.7 Å². The van der Waals surface area contributed by atoms with Crippen LogP contribution >= 0.6 is 8.15 Å². The second kappa shape index (κ2) is 10.8. The molecule has 4 aromatic rings. The molecule has 3 aliphatic rings. The summed E-state index contributed by atoms with van der Waals surface area (Å²) in [5.74, 6) is 2.05. The minimum Gasteiger partial charge on any atom is -0.497 e. The normalized spacial score (nSPS) is 23.7. The van der Waals surface area contributed by atoms with E-state index in [0.29, 0.717) is 17.9 Å². The van der Waals surface area contributed by atoms with Crippen LogP contribution in [0.3, 0.4) is 0 Å². The fraction of sp³-hybridized carbons (Fsp3) is 0.281. The first kappa shape index (κ1) is 24.3. The van der Waals surface area contributed by atoms with Gasteiger partial charge in [-0.05, 0) is 61.1 Å². The Morgan fingerprint density at radius 2 is 1.73 bits per heavy atom. The van der Waals surface area contributed by atoms with E-state index in [1.54, 1.807) is 7.11 Å². The van der Waals surface area contributed by atoms with Gasteiger partial charge in [0.05, 0.1) is 20.8 Å². The van der Waals surface area contributed by atoms with E-state index in [4.69, 9.17) is 9.26 Å². The van der Waals surface area contributed by atoms with E-state index >= 15 is 0 Å². The number of nitrogens with zero attached hydrogens (tertiary/aromatic N) is 2. The molecule has 4 heterocycles. The summed E-state index contributed by atoms with van der Waals surface area (Å²) >= 11 is 0. The molecule has 0 spiro atoms. The first-order valence-electron chi connectivity index (χ1n) is 13.1. The lowest BCUT2D eigenvalue weighted by Gasteiger charge is -2.51. The van der Waals surface area contributed by atoms with Crippen molar-refractivity contribution in [1.29, 1.82) is 0 Å². The zero-order valence-corrected chi connectivity index (χ0v) is 22.1. The summed E-state index contributed by atoms with van der Waals surface area (Å²) in [6.07, 6.45) is 6.34. The SMILES string of the molecule is C=CC1CN2CCC1CC2[C@@H](OP(c1ccccc1)c1ccccc1)c1ccnc2ccc(OC)cc12. The number of hydrogen-bond acceptors (Lipinski definition) is 4. The van der Waals surface area contributed by atoms with Gasteiger partial charge in [-0.3, -0.25) is 9.88 Å². The molecule has 0 amide bonds. The molecule has 3 aliphatic heterocycles. The summed E-state index contributed by atoms with van der Waals surface area (Å²) in [4.78, 5) is 7.33. The van der Waals surface area contributed by atoms with Crippen LogP contribution in [-0.2, 0) is 4.52 Å². The van der Waals surface area contributed by atoms with Crippen molar-refractivity contribution in [2.45, 2.75) is 25.0 Å². The van der Waals surface area contributed by atoms with Crippen LogP contribution in [0.5, 0.6) is 5.75 Å². The standard InChI is InChI=1S/C32H33N2O2P/c1-3-23-22-34-19-17-24(23)20-31(34)32(28-16-18-33-30-15-14-25(35-2)21-29(28)30)36-37(26-10-6-4-7-11-26)27-12-8-5-9-13-27/h3-16,18,21,23-24,31-32H,1,17,19-20,22H2,2H3/t23?,24?,31?,32-/m0/s1. The van der Waals surface area contributed by atoms with Crippen molar-refractivity contribution in [3.8, 4) is 5.75 Å². The van der Waals surface area contributed by atoms with Gasteiger partial charge in [0.1, 0.15) is 11.9 Å². The molecule has 3 saturated heterocycles. The largest absolute Gasteiger partial charge is 0.497 e. The number of rotatable bonds is 8. The molecule has 188 valence electrons. The number of piperidine rings is 3. The predicted octanol–water partition coefficient (Wildman–Crippen LogP) is 6.25. The predicted molar refractivity (Wildman–Crippen MR) is 153 cm³/mol. The van der Waals surface area contributed by atoms with Crippen molar-refractivity contribution in [2.24, 2.45) is 11.8 Å². The molecular weight excluding hydrogens is 475 g/mol. The van der Waals surface area contributed by atoms with Crippen molar-refractivity contribution in [3.63, 3.8) is 0 Å². The molecule has 0 radical (unpaired) electrons. The van der Waals surface area contributed by atoms with Crippen molar-refractivity contribution in [2.75, 3.05) is 20.2 Å². The van der Waals surface area contributed by atoms with Gasteiger partial charge in [-0.2, -0.15) is 0 Å². The van der Waals surface area contributed by atoms with Crippen molar-refractivity contribution in [1.82, 2.24) is 9.88 Å². The number of ether oxygens (including phenoxy) is 1. The zero-order valence-electron chi connectivity index (χ0n) is 21.2. The van der Waals surface area contributed by atoms with Crippen LogP contribution in [-0.4, -0.2) is 36.1 Å². The molecule has 0 saturated carbocycles. The molecule has 4 nitrogen and oxygen atoms in total. The third kappa shape index (κ3) is 4.82. The molecule has 0 aliphatic carbocycles. The van der Waals surface area contributed by atoms with E-state index in [-0.39, 0.29) is 6.10 Å². The highest BCUT2D eigenvalue weighted by molar-refractivity contribution is 7.68. The number of pyridine rings is 1. The van der Waals surface area contributed by atoms with Crippen LogP contribution in [0.25, 0.3) is 10.9 Å². The van der Waals surface area contributed by atoms with E-state index in [2.05, 4.69) is 95.3 Å². The fourth-order valence-corrected chi connectivity index (χ4v) is 7.97. The quantitative estimate of drug-likeness (QED) is 0.208. The minimum atomic E-state index is -1.03. The Bertz CT molecular complexity index is 1320. The maximum absolute atomic E-state index is 7.38. The Kier molecular flexibility index (Phi) is 7.06. The average molecular weight is 509 g/mol. The van der Waals surface area contributed by atoms with Gasteiger partial charge in [0.15, 0.2) is 0 Å². The summed E-state index contributed by atoms with van der Waals surface area (Å²) in [6.45, 7) is 6.31. The fourth-order valence-electron chi connectivity index (χ4n) is 6.06. The van der Waals surface area contributed by atoms with E-state index in [9.17, 15) is 0 Å². The molecule has 3 fully saturated rings. The molecular formula is C32H33N2O2P. The Hall–Kier alpha value is -3.04. The third-order valence-electron chi connectivity index (χ3n) is 7.99. The first-order chi connectivity index (χ1) is 18.2. The Morgan fingerprint density at radius 1 is 1.00 bits per heavy atom. The zero-order chi connectivity index (χ0) is 25.2. The van der Waals surface area contributed by atoms with E-state index in [1.165, 1.54) is 22.6 Å². The van der Waals surface area contributed by atoms with Gasteiger partial charge < -0.3 is 9.26 Å². The average Bonchev–Trinajstić information content (AvgIpc) is 2.98. The van der Waals surface area contributed by atoms with Crippen molar-refractivity contribution in [3.05, 3.63) is 109 Å². The summed E-state index contributed by atoms with van der Waals surface area (Å²) in [6, 6.07) is 30.0. The molecule has 0 N–H and O–H groups in total. The minimum absolute atomic E-state index is 0.0994.